The smallest absolute Gasteiger partial charge is 0.222 e. The first-order chi connectivity index (χ1) is 7.00. The van der Waals surface area contributed by atoms with E-state index in [0.717, 1.165) is 4.31 Å². The Morgan fingerprint density at radius 2 is 1.80 bits per heavy atom. The third-order valence-electron chi connectivity index (χ3n) is 2.21. The lowest BCUT2D eigenvalue weighted by Crippen LogP contribution is -2.30. The van der Waals surface area contributed by atoms with Gasteiger partial charge < -0.3 is 5.11 Å². The second-order valence-electron chi connectivity index (χ2n) is 3.41. The van der Waals surface area contributed by atoms with Crippen molar-refractivity contribution >= 4 is 10.0 Å². The van der Waals surface area contributed by atoms with Gasteiger partial charge in [-0.3, -0.25) is 0 Å². The monoisotopic (exact) mass is 229 g/mol. The van der Waals surface area contributed by atoms with E-state index in [-0.39, 0.29) is 0 Å². The topological polar surface area (TPSA) is 57.6 Å². The van der Waals surface area contributed by atoms with Gasteiger partial charge in [0.05, 0.1) is 6.61 Å². The van der Waals surface area contributed by atoms with Crippen LogP contribution in [0.15, 0.2) is 30.3 Å². The molecule has 4 nitrogen and oxygen atoms in total. The zero-order valence-corrected chi connectivity index (χ0v) is 9.61. The highest BCUT2D eigenvalue weighted by Crippen LogP contribution is 2.23. The molecule has 0 radical (unpaired) electrons. The van der Waals surface area contributed by atoms with Gasteiger partial charge >= 0.3 is 0 Å². The van der Waals surface area contributed by atoms with Gasteiger partial charge in [-0.25, -0.2) is 12.7 Å². The fourth-order valence-electron chi connectivity index (χ4n) is 1.29. The highest BCUT2D eigenvalue weighted by atomic mass is 32.2. The summed E-state index contributed by atoms with van der Waals surface area (Å²) < 4.78 is 24.8. The molecular formula is C10H15NO3S. The molecule has 1 aromatic rings. The maximum absolute atomic E-state index is 11.8. The third kappa shape index (κ3) is 2.56. The zero-order valence-electron chi connectivity index (χ0n) is 8.79. The summed E-state index contributed by atoms with van der Waals surface area (Å²) in [5.41, 5.74) is 0.605. The lowest BCUT2D eigenvalue weighted by atomic mass is 10.2. The van der Waals surface area contributed by atoms with Gasteiger partial charge in [-0.1, -0.05) is 30.3 Å². The summed E-state index contributed by atoms with van der Waals surface area (Å²) in [7, 11) is -0.540. The molecule has 15 heavy (non-hydrogen) atoms. The Hall–Kier alpha value is -0.910. The maximum atomic E-state index is 11.8. The number of hydrogen-bond acceptors (Lipinski definition) is 3. The molecule has 0 aromatic heterocycles. The van der Waals surface area contributed by atoms with Crippen LogP contribution in [-0.2, 0) is 10.0 Å². The van der Waals surface area contributed by atoms with Gasteiger partial charge in [-0.05, 0) is 5.56 Å². The van der Waals surface area contributed by atoms with Crippen LogP contribution in [0.4, 0.5) is 0 Å². The van der Waals surface area contributed by atoms with Crippen molar-refractivity contribution < 1.29 is 13.5 Å². The first kappa shape index (κ1) is 12.2. The van der Waals surface area contributed by atoms with Gasteiger partial charge in [-0.2, -0.15) is 0 Å². The molecule has 0 saturated heterocycles. The van der Waals surface area contributed by atoms with Crippen molar-refractivity contribution in [3.8, 4) is 0 Å². The standard InChI is InChI=1S/C10H15NO3S/c1-11(2)15(13,14)10(8-12)9-6-4-3-5-7-9/h3-7,10,12H,8H2,1-2H3/t10-/m0/s1. The van der Waals surface area contributed by atoms with Crippen LogP contribution in [0.25, 0.3) is 0 Å². The fraction of sp³-hybridized carbons (Fsp3) is 0.400. The first-order valence-corrected chi connectivity index (χ1v) is 6.07. The number of hydrogen-bond donors (Lipinski definition) is 1. The van der Waals surface area contributed by atoms with Crippen molar-refractivity contribution in [3.63, 3.8) is 0 Å². The van der Waals surface area contributed by atoms with Crippen LogP contribution in [0, 0.1) is 0 Å². The number of sulfonamides is 1. The van der Waals surface area contributed by atoms with Crippen LogP contribution >= 0.6 is 0 Å². The molecule has 0 aliphatic heterocycles. The molecule has 0 unspecified atom stereocenters. The Balaban J connectivity index is 3.11. The maximum Gasteiger partial charge on any atom is 0.222 e. The molecule has 1 N–H and O–H groups in total. The van der Waals surface area contributed by atoms with E-state index >= 15 is 0 Å². The van der Waals surface area contributed by atoms with Gasteiger partial charge in [0.25, 0.3) is 0 Å². The second kappa shape index (κ2) is 4.74. The molecule has 0 fully saturated rings. The quantitative estimate of drug-likeness (QED) is 0.823. The molecule has 1 atom stereocenters. The zero-order chi connectivity index (χ0) is 11.5. The Morgan fingerprint density at radius 1 is 1.27 bits per heavy atom. The van der Waals surface area contributed by atoms with Gasteiger partial charge in [0.15, 0.2) is 0 Å². The van der Waals surface area contributed by atoms with E-state index in [0.29, 0.717) is 5.56 Å². The van der Waals surface area contributed by atoms with Crippen molar-refractivity contribution in [1.82, 2.24) is 4.31 Å². The molecule has 0 amide bonds. The Labute approximate surface area is 90.2 Å². The molecule has 0 saturated carbocycles. The average Bonchev–Trinajstić information content (AvgIpc) is 2.19. The van der Waals surface area contributed by atoms with Gasteiger partial charge in [0, 0.05) is 14.1 Å². The predicted octanol–water partition coefficient (Wildman–Crippen LogP) is 0.611. The normalized spacial score (nSPS) is 14.1. The van der Waals surface area contributed by atoms with E-state index in [1.807, 2.05) is 0 Å². The van der Waals surface area contributed by atoms with E-state index in [9.17, 15) is 8.42 Å². The minimum Gasteiger partial charge on any atom is -0.395 e. The van der Waals surface area contributed by atoms with Gasteiger partial charge in [0.2, 0.25) is 10.0 Å². The number of nitrogens with zero attached hydrogens (tertiary/aromatic N) is 1. The summed E-state index contributed by atoms with van der Waals surface area (Å²) in [6.07, 6.45) is 0. The largest absolute Gasteiger partial charge is 0.395 e. The van der Waals surface area contributed by atoms with Crippen LogP contribution in [0.1, 0.15) is 10.8 Å². The van der Waals surface area contributed by atoms with Crippen molar-refractivity contribution in [3.05, 3.63) is 35.9 Å². The van der Waals surface area contributed by atoms with E-state index in [1.165, 1.54) is 14.1 Å². The van der Waals surface area contributed by atoms with E-state index in [1.54, 1.807) is 30.3 Å². The molecule has 1 rings (SSSR count). The fourth-order valence-corrected chi connectivity index (χ4v) is 2.49. The summed E-state index contributed by atoms with van der Waals surface area (Å²) in [5, 5.41) is 8.28. The molecule has 0 aliphatic carbocycles. The van der Waals surface area contributed by atoms with Crippen molar-refractivity contribution in [2.45, 2.75) is 5.25 Å². The lowest BCUT2D eigenvalue weighted by Gasteiger charge is -2.20. The highest BCUT2D eigenvalue weighted by Gasteiger charge is 2.28. The van der Waals surface area contributed by atoms with E-state index < -0.39 is 21.9 Å². The molecule has 0 spiro atoms. The van der Waals surface area contributed by atoms with Crippen molar-refractivity contribution in [2.75, 3.05) is 20.7 Å². The SMILES string of the molecule is CN(C)S(=O)(=O)[C@@H](CO)c1ccccc1. The highest BCUT2D eigenvalue weighted by molar-refractivity contribution is 7.89. The van der Waals surface area contributed by atoms with Crippen molar-refractivity contribution in [2.24, 2.45) is 0 Å². The summed E-state index contributed by atoms with van der Waals surface area (Å²) >= 11 is 0. The van der Waals surface area contributed by atoms with Crippen molar-refractivity contribution in [1.29, 1.82) is 0 Å². The molecular weight excluding hydrogens is 214 g/mol. The average molecular weight is 229 g/mol. The Kier molecular flexibility index (Phi) is 3.84. The van der Waals surface area contributed by atoms with E-state index in [4.69, 9.17) is 5.11 Å². The van der Waals surface area contributed by atoms with Crippen LogP contribution in [-0.4, -0.2) is 38.5 Å². The Morgan fingerprint density at radius 3 is 2.20 bits per heavy atom. The molecule has 84 valence electrons. The Bertz CT molecular complexity index is 400. The van der Waals surface area contributed by atoms with Gasteiger partial charge in [0.1, 0.15) is 5.25 Å². The molecule has 5 heteroatoms. The van der Waals surface area contributed by atoms with Crippen LogP contribution in [0.3, 0.4) is 0 Å². The summed E-state index contributed by atoms with van der Waals surface area (Å²) in [6.45, 7) is -0.412. The number of aliphatic hydroxyl groups excluding tert-OH is 1. The molecule has 0 aliphatic rings. The minimum absolute atomic E-state index is 0.412. The number of benzene rings is 1. The first-order valence-electron chi connectivity index (χ1n) is 4.57. The lowest BCUT2D eigenvalue weighted by molar-refractivity contribution is 0.288. The number of rotatable bonds is 4. The predicted molar refractivity (Wildman–Crippen MR) is 58.9 cm³/mol. The summed E-state index contributed by atoms with van der Waals surface area (Å²) in [5.74, 6) is 0. The molecule has 0 bridgehead atoms. The third-order valence-corrected chi connectivity index (χ3v) is 4.36. The van der Waals surface area contributed by atoms with Crippen LogP contribution < -0.4 is 0 Å². The summed E-state index contributed by atoms with van der Waals surface area (Å²) in [6, 6.07) is 8.70. The second-order valence-corrected chi connectivity index (χ2v) is 5.74. The van der Waals surface area contributed by atoms with Gasteiger partial charge in [-0.15, -0.1) is 0 Å². The summed E-state index contributed by atoms with van der Waals surface area (Å²) in [4.78, 5) is 0. The van der Waals surface area contributed by atoms with Crippen LogP contribution in [0.5, 0.6) is 0 Å². The molecule has 0 heterocycles. The van der Waals surface area contributed by atoms with E-state index in [2.05, 4.69) is 0 Å². The minimum atomic E-state index is -3.46. The molecule has 1 aromatic carbocycles. The van der Waals surface area contributed by atoms with Crippen LogP contribution in [0.2, 0.25) is 0 Å². The number of aliphatic hydroxyl groups is 1.